The SMILES string of the molecule is CN(C)S(=O)(=O)n1cnc(S(=O)(=O)Nc2cc(Cl)c(Oc3ncc(Cl)cc3Cl)c(Cl)c2)n1. The first-order valence-corrected chi connectivity index (χ1v) is 12.6. The second-order valence-corrected chi connectivity index (χ2v) is 11.3. The summed E-state index contributed by atoms with van der Waals surface area (Å²) in [4.78, 5) is 7.46. The van der Waals surface area contributed by atoms with E-state index < -0.39 is 25.4 Å². The zero-order valence-electron chi connectivity index (χ0n) is 16.0. The normalized spacial score (nSPS) is 12.2. The van der Waals surface area contributed by atoms with E-state index in [-0.39, 0.29) is 32.4 Å². The quantitative estimate of drug-likeness (QED) is 0.462. The van der Waals surface area contributed by atoms with E-state index in [2.05, 4.69) is 19.8 Å². The summed E-state index contributed by atoms with van der Waals surface area (Å²) in [7, 11) is -5.91. The van der Waals surface area contributed by atoms with Gasteiger partial charge < -0.3 is 4.74 Å². The van der Waals surface area contributed by atoms with E-state index in [1.54, 1.807) is 0 Å². The molecule has 0 fully saturated rings. The molecule has 0 bridgehead atoms. The molecular weight excluding hydrogens is 550 g/mol. The third-order valence-corrected chi connectivity index (χ3v) is 7.40. The average Bonchev–Trinajstić information content (AvgIpc) is 3.18. The number of nitrogens with zero attached hydrogens (tertiary/aromatic N) is 5. The standard InChI is InChI=1S/C15H12Cl4N6O5S2/c1-24(2)32(28,29)25-7-21-15(22-25)31(26,27)23-9-4-10(17)13(11(18)5-9)30-14-12(19)3-8(16)6-20-14/h3-7,23H,1-2H3. The van der Waals surface area contributed by atoms with Gasteiger partial charge in [-0.25, -0.2) is 9.97 Å². The molecule has 0 spiro atoms. The van der Waals surface area contributed by atoms with Gasteiger partial charge in [-0.1, -0.05) is 46.4 Å². The van der Waals surface area contributed by atoms with Crippen LogP contribution in [0.15, 0.2) is 35.9 Å². The molecule has 0 amide bonds. The van der Waals surface area contributed by atoms with Gasteiger partial charge in [0.1, 0.15) is 11.3 Å². The van der Waals surface area contributed by atoms with E-state index in [1.807, 2.05) is 0 Å². The molecule has 1 N–H and O–H groups in total. The monoisotopic (exact) mass is 560 g/mol. The molecule has 0 saturated heterocycles. The summed E-state index contributed by atoms with van der Waals surface area (Å²) in [5, 5.41) is 2.97. The summed E-state index contributed by atoms with van der Waals surface area (Å²) in [6.45, 7) is 0. The number of sulfonamides is 1. The second-order valence-electron chi connectivity index (χ2n) is 6.11. The Bertz CT molecular complexity index is 1370. The van der Waals surface area contributed by atoms with Gasteiger partial charge in [0.15, 0.2) is 5.75 Å². The average molecular weight is 562 g/mol. The zero-order chi connectivity index (χ0) is 23.8. The highest BCUT2D eigenvalue weighted by atomic mass is 35.5. The van der Waals surface area contributed by atoms with Crippen LogP contribution in [0.2, 0.25) is 20.1 Å². The van der Waals surface area contributed by atoms with Crippen molar-refractivity contribution in [3.63, 3.8) is 0 Å². The molecule has 0 atom stereocenters. The largest absolute Gasteiger partial charge is 0.434 e. The summed E-state index contributed by atoms with van der Waals surface area (Å²) in [5.41, 5.74) is -0.0608. The lowest BCUT2D eigenvalue weighted by Crippen LogP contribution is -2.29. The van der Waals surface area contributed by atoms with Gasteiger partial charge >= 0.3 is 10.2 Å². The van der Waals surface area contributed by atoms with Gasteiger partial charge in [0.05, 0.1) is 20.8 Å². The lowest BCUT2D eigenvalue weighted by molar-refractivity contribution is 0.464. The second kappa shape index (κ2) is 9.17. The Morgan fingerprint density at radius 1 is 0.969 bits per heavy atom. The molecule has 0 unspecified atom stereocenters. The van der Waals surface area contributed by atoms with Crippen molar-refractivity contribution in [2.24, 2.45) is 0 Å². The number of halogens is 4. The maximum Gasteiger partial charge on any atom is 0.323 e. The molecule has 2 heterocycles. The van der Waals surface area contributed by atoms with Crippen LogP contribution in [0, 0.1) is 0 Å². The molecule has 0 radical (unpaired) electrons. The molecule has 32 heavy (non-hydrogen) atoms. The van der Waals surface area contributed by atoms with Crippen LogP contribution in [0.4, 0.5) is 5.69 Å². The van der Waals surface area contributed by atoms with Crippen LogP contribution in [-0.4, -0.2) is 54.4 Å². The first-order chi connectivity index (χ1) is 14.8. The predicted octanol–water partition coefficient (Wildman–Crippen LogP) is 3.53. The number of nitrogens with one attached hydrogen (secondary N) is 1. The Morgan fingerprint density at radius 2 is 1.59 bits per heavy atom. The van der Waals surface area contributed by atoms with Crippen molar-refractivity contribution < 1.29 is 21.6 Å². The van der Waals surface area contributed by atoms with Gasteiger partial charge in [0.25, 0.3) is 15.2 Å². The van der Waals surface area contributed by atoms with Crippen molar-refractivity contribution in [1.29, 1.82) is 0 Å². The number of aromatic nitrogens is 4. The molecule has 0 aliphatic rings. The maximum atomic E-state index is 12.6. The highest BCUT2D eigenvalue weighted by Crippen LogP contribution is 2.40. The summed E-state index contributed by atoms with van der Waals surface area (Å²) >= 11 is 24.2. The van der Waals surface area contributed by atoms with Crippen LogP contribution in [0.5, 0.6) is 11.6 Å². The molecule has 3 aromatic rings. The molecule has 17 heteroatoms. The fourth-order valence-corrected chi connectivity index (χ4v) is 4.74. The van der Waals surface area contributed by atoms with E-state index in [0.717, 1.165) is 10.6 Å². The number of anilines is 1. The minimum absolute atomic E-state index is 0.0231. The number of rotatable bonds is 7. The molecule has 172 valence electrons. The summed E-state index contributed by atoms with van der Waals surface area (Å²) < 4.78 is 58.2. The molecule has 0 saturated carbocycles. The minimum atomic E-state index is -4.38. The van der Waals surface area contributed by atoms with E-state index in [1.165, 1.54) is 38.5 Å². The number of benzene rings is 1. The molecule has 11 nitrogen and oxygen atoms in total. The summed E-state index contributed by atoms with van der Waals surface area (Å²) in [6, 6.07) is 3.81. The fourth-order valence-electron chi connectivity index (χ4n) is 2.13. The summed E-state index contributed by atoms with van der Waals surface area (Å²) in [5.74, 6) is -0.0579. The number of hydrogen-bond donors (Lipinski definition) is 1. The first-order valence-electron chi connectivity index (χ1n) is 8.16. The highest BCUT2D eigenvalue weighted by Gasteiger charge is 2.25. The number of pyridine rings is 1. The lowest BCUT2D eigenvalue weighted by atomic mass is 10.3. The Balaban J connectivity index is 1.87. The van der Waals surface area contributed by atoms with Gasteiger partial charge in [-0.2, -0.15) is 21.1 Å². The highest BCUT2D eigenvalue weighted by molar-refractivity contribution is 7.92. The molecular formula is C15H12Cl4N6O5S2. The van der Waals surface area contributed by atoms with Crippen molar-refractivity contribution in [2.45, 2.75) is 5.16 Å². The van der Waals surface area contributed by atoms with Gasteiger partial charge in [-0.3, -0.25) is 4.72 Å². The Morgan fingerprint density at radius 3 is 2.16 bits per heavy atom. The Kier molecular flexibility index (Phi) is 7.10. The third-order valence-electron chi connectivity index (χ3n) is 3.61. The van der Waals surface area contributed by atoms with Crippen LogP contribution in [0.3, 0.4) is 0 Å². The smallest absolute Gasteiger partial charge is 0.323 e. The minimum Gasteiger partial charge on any atom is -0.434 e. The van der Waals surface area contributed by atoms with Crippen LogP contribution in [0.1, 0.15) is 0 Å². The van der Waals surface area contributed by atoms with Crippen LogP contribution < -0.4 is 9.46 Å². The van der Waals surface area contributed by atoms with Crippen molar-refractivity contribution in [3.8, 4) is 11.6 Å². The van der Waals surface area contributed by atoms with Crippen molar-refractivity contribution in [2.75, 3.05) is 18.8 Å². The van der Waals surface area contributed by atoms with Crippen LogP contribution in [0.25, 0.3) is 0 Å². The van der Waals surface area contributed by atoms with Gasteiger partial charge in [0, 0.05) is 20.3 Å². The van der Waals surface area contributed by atoms with Crippen molar-refractivity contribution in [3.05, 3.63) is 50.8 Å². The third kappa shape index (κ3) is 5.20. The molecule has 0 aliphatic carbocycles. The molecule has 0 aliphatic heterocycles. The Labute approximate surface area is 203 Å². The zero-order valence-corrected chi connectivity index (χ0v) is 20.6. The molecule has 3 rings (SSSR count). The van der Waals surface area contributed by atoms with Gasteiger partial charge in [-0.05, 0) is 18.2 Å². The van der Waals surface area contributed by atoms with E-state index in [4.69, 9.17) is 51.1 Å². The van der Waals surface area contributed by atoms with E-state index in [0.29, 0.717) is 9.11 Å². The molecule has 2 aromatic heterocycles. The van der Waals surface area contributed by atoms with Crippen molar-refractivity contribution >= 4 is 72.3 Å². The number of ether oxygens (including phenoxy) is 1. The van der Waals surface area contributed by atoms with Crippen LogP contribution in [-0.2, 0) is 20.2 Å². The topological polar surface area (TPSA) is 136 Å². The first kappa shape index (κ1) is 24.8. The number of hydrogen-bond acceptors (Lipinski definition) is 8. The fraction of sp³-hybridized carbons (Fsp3) is 0.133. The Hall–Kier alpha value is -1.87. The predicted molar refractivity (Wildman–Crippen MR) is 120 cm³/mol. The van der Waals surface area contributed by atoms with Crippen LogP contribution >= 0.6 is 46.4 Å². The van der Waals surface area contributed by atoms with Gasteiger partial charge in [-0.15, -0.1) is 9.19 Å². The van der Waals surface area contributed by atoms with Crippen molar-refractivity contribution in [1.82, 2.24) is 23.5 Å². The van der Waals surface area contributed by atoms with E-state index >= 15 is 0 Å². The maximum absolute atomic E-state index is 12.6. The lowest BCUT2D eigenvalue weighted by Gasteiger charge is -2.12. The summed E-state index contributed by atoms with van der Waals surface area (Å²) in [6.07, 6.45) is 2.05. The molecule has 1 aromatic carbocycles. The van der Waals surface area contributed by atoms with Gasteiger partial charge in [0.2, 0.25) is 5.88 Å². The van der Waals surface area contributed by atoms with E-state index in [9.17, 15) is 16.8 Å².